The summed E-state index contributed by atoms with van der Waals surface area (Å²) in [6.07, 6.45) is 13.6. The lowest BCUT2D eigenvalue weighted by Crippen LogP contribution is -2.35. The Morgan fingerprint density at radius 3 is 2.67 bits per heavy atom. The van der Waals surface area contributed by atoms with Crippen molar-refractivity contribution in [2.75, 3.05) is 6.61 Å². The number of allylic oxidation sites excluding steroid dienone is 5. The van der Waals surface area contributed by atoms with Crippen LogP contribution in [0, 0.1) is 5.82 Å². The SMILES string of the molecule is C=C/C(CCc1nc(/C2=C/CCC(NC(=O)OC(C)(C)C)c3ccccc3CCC2)ccc1C(=C)c1ccnc(Cl)c1F)=C1/CCCCO1. The molecule has 1 aliphatic heterocycles. The van der Waals surface area contributed by atoms with E-state index in [0.29, 0.717) is 30.4 Å². The van der Waals surface area contributed by atoms with Crippen LogP contribution in [0.2, 0.25) is 5.15 Å². The van der Waals surface area contributed by atoms with Crippen LogP contribution >= 0.6 is 11.6 Å². The Bertz CT molecular complexity index is 1750. The molecule has 1 N–H and O–H groups in total. The highest BCUT2D eigenvalue weighted by molar-refractivity contribution is 6.29. The number of aryl methyl sites for hydroxylation is 2. The van der Waals surface area contributed by atoms with Crippen LogP contribution in [0.5, 0.6) is 0 Å². The molecular formula is C41H47ClFN3O3. The number of carbonyl (C=O) groups excluding carboxylic acids is 1. The van der Waals surface area contributed by atoms with E-state index in [2.05, 4.69) is 47.7 Å². The molecule has 2 aliphatic rings. The van der Waals surface area contributed by atoms with Gasteiger partial charge < -0.3 is 14.8 Å². The third kappa shape index (κ3) is 9.48. The molecule has 1 aromatic carbocycles. The fraction of sp³-hybridized carbons (Fsp3) is 0.390. The van der Waals surface area contributed by atoms with Gasteiger partial charge in [0.05, 0.1) is 24.1 Å². The summed E-state index contributed by atoms with van der Waals surface area (Å²) in [5.74, 6) is 0.396. The maximum atomic E-state index is 15.1. The number of amides is 1. The van der Waals surface area contributed by atoms with E-state index < -0.39 is 17.5 Å². The molecule has 1 aliphatic carbocycles. The topological polar surface area (TPSA) is 73.3 Å². The molecule has 1 saturated heterocycles. The lowest BCUT2D eigenvalue weighted by Gasteiger charge is -2.26. The Hall–Kier alpha value is -4.23. The van der Waals surface area contributed by atoms with Crippen molar-refractivity contribution < 1.29 is 18.7 Å². The molecule has 2 aromatic heterocycles. The van der Waals surface area contributed by atoms with Crippen LogP contribution < -0.4 is 5.32 Å². The first kappa shape index (κ1) is 36.1. The number of hydrogen-bond acceptors (Lipinski definition) is 5. The Kier molecular flexibility index (Phi) is 12.1. The third-order valence-electron chi connectivity index (χ3n) is 8.97. The van der Waals surface area contributed by atoms with E-state index >= 15 is 4.39 Å². The number of aromatic nitrogens is 2. The molecule has 49 heavy (non-hydrogen) atoms. The second-order valence-electron chi connectivity index (χ2n) is 13.6. The third-order valence-corrected chi connectivity index (χ3v) is 9.23. The summed E-state index contributed by atoms with van der Waals surface area (Å²) in [6, 6.07) is 13.7. The molecule has 0 saturated carbocycles. The predicted molar refractivity (Wildman–Crippen MR) is 196 cm³/mol. The number of hydrogen-bond donors (Lipinski definition) is 1. The molecule has 5 rings (SSSR count). The first-order valence-corrected chi connectivity index (χ1v) is 17.7. The van der Waals surface area contributed by atoms with Gasteiger partial charge in [0.25, 0.3) is 0 Å². The second-order valence-corrected chi connectivity index (χ2v) is 14.0. The van der Waals surface area contributed by atoms with Crippen molar-refractivity contribution in [3.8, 4) is 0 Å². The van der Waals surface area contributed by atoms with Gasteiger partial charge in [-0.1, -0.05) is 67.2 Å². The fourth-order valence-electron chi connectivity index (χ4n) is 6.54. The van der Waals surface area contributed by atoms with Crippen LogP contribution in [-0.4, -0.2) is 28.3 Å². The largest absolute Gasteiger partial charge is 0.498 e. The maximum Gasteiger partial charge on any atom is 0.408 e. The summed E-state index contributed by atoms with van der Waals surface area (Å²) in [6.45, 7) is 14.7. The molecular weight excluding hydrogens is 637 g/mol. The van der Waals surface area contributed by atoms with Gasteiger partial charge in [-0.2, -0.15) is 0 Å². The van der Waals surface area contributed by atoms with Crippen LogP contribution in [0.1, 0.15) is 112 Å². The summed E-state index contributed by atoms with van der Waals surface area (Å²) >= 11 is 6.06. The summed E-state index contributed by atoms with van der Waals surface area (Å²) < 4.78 is 26.8. The van der Waals surface area contributed by atoms with Gasteiger partial charge in [-0.05, 0) is 119 Å². The first-order valence-electron chi connectivity index (χ1n) is 17.3. The lowest BCUT2D eigenvalue weighted by atomic mass is 9.90. The average Bonchev–Trinajstić information content (AvgIpc) is 3.08. The Labute approximate surface area is 295 Å². The van der Waals surface area contributed by atoms with E-state index in [0.717, 1.165) is 91.0 Å². The molecule has 0 spiro atoms. The number of carbonyl (C=O) groups is 1. The number of fused-ring (bicyclic) bond motifs is 1. The Balaban J connectivity index is 1.47. The quantitative estimate of drug-likeness (QED) is 0.239. The molecule has 258 valence electrons. The van der Waals surface area contributed by atoms with E-state index in [9.17, 15) is 4.79 Å². The van der Waals surface area contributed by atoms with Gasteiger partial charge in [0.15, 0.2) is 11.0 Å². The summed E-state index contributed by atoms with van der Waals surface area (Å²) in [5, 5.41) is 2.94. The van der Waals surface area contributed by atoms with Crippen LogP contribution in [-0.2, 0) is 22.3 Å². The molecule has 1 unspecified atom stereocenters. The van der Waals surface area contributed by atoms with E-state index in [4.69, 9.17) is 26.1 Å². The highest BCUT2D eigenvalue weighted by atomic mass is 35.5. The minimum Gasteiger partial charge on any atom is -0.498 e. The highest BCUT2D eigenvalue weighted by Crippen LogP contribution is 2.34. The number of ether oxygens (including phenoxy) is 2. The number of alkyl carbamates (subject to hydrolysis) is 1. The standard InChI is InChI=1S/C41H47ClFN3O3/c1-6-28(37-19-9-10-26-48-37)20-22-36-31(27(2)32-24-25-44-39(42)38(32)43)21-23-34(45-36)30-15-11-14-29-13-7-8-17-33(29)35(18-12-16-30)46-40(47)49-41(3,4)5/h6-8,13,16-17,21,23-25,35H,1-2,9-12,14-15,18-20,22,26H2,3-5H3,(H,46,47)/b30-16+,37-28+. The van der Waals surface area contributed by atoms with Crippen molar-refractivity contribution in [1.82, 2.24) is 15.3 Å². The molecule has 1 atom stereocenters. The van der Waals surface area contributed by atoms with Crippen molar-refractivity contribution in [3.63, 3.8) is 0 Å². The van der Waals surface area contributed by atoms with Gasteiger partial charge in [0.1, 0.15) is 5.60 Å². The fourth-order valence-corrected chi connectivity index (χ4v) is 6.70. The molecule has 8 heteroatoms. The highest BCUT2D eigenvalue weighted by Gasteiger charge is 2.23. The molecule has 0 radical (unpaired) electrons. The number of halogens is 2. The molecule has 3 heterocycles. The summed E-state index contributed by atoms with van der Waals surface area (Å²) in [5.41, 5.74) is 7.24. The van der Waals surface area contributed by atoms with Gasteiger partial charge in [-0.15, -0.1) is 0 Å². The maximum absolute atomic E-state index is 15.1. The lowest BCUT2D eigenvalue weighted by molar-refractivity contribution is 0.0501. The Morgan fingerprint density at radius 1 is 1.10 bits per heavy atom. The Morgan fingerprint density at radius 2 is 1.92 bits per heavy atom. The van der Waals surface area contributed by atoms with E-state index in [1.807, 2.05) is 45.0 Å². The van der Waals surface area contributed by atoms with Gasteiger partial charge in [-0.3, -0.25) is 4.98 Å². The van der Waals surface area contributed by atoms with Crippen LogP contribution in [0.25, 0.3) is 11.1 Å². The molecule has 1 amide bonds. The molecule has 6 nitrogen and oxygen atoms in total. The minimum atomic E-state index is -0.599. The van der Waals surface area contributed by atoms with Crippen LogP contribution in [0.4, 0.5) is 9.18 Å². The molecule has 0 bridgehead atoms. The second kappa shape index (κ2) is 16.4. The predicted octanol–water partition coefficient (Wildman–Crippen LogP) is 10.7. The van der Waals surface area contributed by atoms with Gasteiger partial charge in [0.2, 0.25) is 0 Å². The van der Waals surface area contributed by atoms with E-state index in [1.54, 1.807) is 6.07 Å². The minimum absolute atomic E-state index is 0.189. The van der Waals surface area contributed by atoms with E-state index in [1.165, 1.54) is 11.8 Å². The normalized spacial score (nSPS) is 19.0. The van der Waals surface area contributed by atoms with Gasteiger partial charge in [0, 0.05) is 29.4 Å². The molecule has 1 fully saturated rings. The van der Waals surface area contributed by atoms with Gasteiger partial charge >= 0.3 is 6.09 Å². The van der Waals surface area contributed by atoms with Crippen molar-refractivity contribution in [1.29, 1.82) is 0 Å². The van der Waals surface area contributed by atoms with E-state index in [-0.39, 0.29) is 11.2 Å². The smallest absolute Gasteiger partial charge is 0.408 e. The number of pyridine rings is 2. The number of benzene rings is 1. The van der Waals surface area contributed by atoms with Crippen molar-refractivity contribution in [2.45, 2.75) is 96.6 Å². The number of nitrogens with one attached hydrogen (secondary N) is 1. The van der Waals surface area contributed by atoms with Crippen molar-refractivity contribution in [2.24, 2.45) is 0 Å². The first-order chi connectivity index (χ1) is 23.5. The average molecular weight is 684 g/mol. The number of nitrogens with zero attached hydrogens (tertiary/aromatic N) is 2. The number of rotatable bonds is 8. The van der Waals surface area contributed by atoms with Crippen LogP contribution in [0.3, 0.4) is 0 Å². The summed E-state index contributed by atoms with van der Waals surface area (Å²) in [7, 11) is 0. The molecule has 3 aromatic rings. The van der Waals surface area contributed by atoms with Gasteiger partial charge in [-0.25, -0.2) is 14.2 Å². The monoisotopic (exact) mass is 683 g/mol. The summed E-state index contributed by atoms with van der Waals surface area (Å²) in [4.78, 5) is 22.0. The zero-order valence-electron chi connectivity index (χ0n) is 28.9. The van der Waals surface area contributed by atoms with Crippen molar-refractivity contribution >= 4 is 28.8 Å². The zero-order chi connectivity index (χ0) is 35.0. The van der Waals surface area contributed by atoms with Crippen LogP contribution in [0.15, 0.2) is 85.3 Å². The zero-order valence-corrected chi connectivity index (χ0v) is 29.7. The van der Waals surface area contributed by atoms with Crippen molar-refractivity contribution in [3.05, 3.63) is 130 Å².